The van der Waals surface area contributed by atoms with E-state index < -0.39 is 0 Å². The van der Waals surface area contributed by atoms with Gasteiger partial charge in [-0.05, 0) is 381 Å². The van der Waals surface area contributed by atoms with E-state index >= 15 is 0 Å². The number of rotatable bonds is 14. The van der Waals surface area contributed by atoms with Crippen LogP contribution in [0.1, 0.15) is 215 Å². The van der Waals surface area contributed by atoms with Gasteiger partial charge in [0, 0.05) is 110 Å². The number of hydrogen-bond acceptors (Lipinski definition) is 4. The Kier molecular flexibility index (Phi) is 36.1. The maximum absolute atomic E-state index is 12.3. The molecule has 0 spiro atoms. The molecule has 13 aromatic rings. The number of carbonyl (C=O) groups excluding carboxylic acids is 2. The minimum absolute atomic E-state index is 0.325. The molecule has 2 aliphatic carbocycles. The van der Waals surface area contributed by atoms with Crippen molar-refractivity contribution in [3.8, 4) is 11.5 Å². The molecule has 23 rings (SSSR count). The zero-order chi connectivity index (χ0) is 94.2. The predicted molar refractivity (Wildman–Crippen MR) is 605 cm³/mol. The molecule has 8 heterocycles. The predicted octanol–water partition coefficient (Wildman–Crippen LogP) is 30.2. The minimum Gasteiger partial charge on any atom is -0.507 e. The van der Waals surface area contributed by atoms with Crippen LogP contribution in [0, 0.1) is 79.1 Å². The number of aromatic hydroxyl groups is 2. The topological polar surface area (TPSA) is 74.6 Å². The summed E-state index contributed by atoms with van der Waals surface area (Å²) >= 11 is 0. The molecule has 13 aromatic carbocycles. The highest BCUT2D eigenvalue weighted by Gasteiger charge is 2.57. The molecule has 10 aliphatic rings. The van der Waals surface area contributed by atoms with Crippen LogP contribution in [-0.4, -0.2) is 123 Å². The smallest absolute Gasteiger partial charge is 0.211 e. The summed E-state index contributed by atoms with van der Waals surface area (Å²) in [5.74, 6) is 23.9. The summed E-state index contributed by atoms with van der Waals surface area (Å²) in [5, 5.41) is 37.1. The van der Waals surface area contributed by atoms with Crippen LogP contribution in [0.3, 0.4) is 0 Å². The van der Waals surface area contributed by atoms with Crippen molar-refractivity contribution in [2.75, 3.05) is 80.5 Å². The van der Waals surface area contributed by atoms with Crippen molar-refractivity contribution in [1.82, 2.24) is 0 Å². The van der Waals surface area contributed by atoms with Gasteiger partial charge in [0.1, 0.15) is 102 Å². The Labute approximate surface area is 834 Å². The Hall–Kier alpha value is -7.10. The highest BCUT2D eigenvalue weighted by molar-refractivity contribution is 7.99. The van der Waals surface area contributed by atoms with Gasteiger partial charge < -0.3 is 10.2 Å². The van der Waals surface area contributed by atoms with Gasteiger partial charge in [-0.1, -0.05) is 177 Å². The van der Waals surface area contributed by atoms with Crippen molar-refractivity contribution in [3.05, 3.63) is 298 Å². The lowest BCUT2D eigenvalue weighted by molar-refractivity contribution is 0.101. The van der Waals surface area contributed by atoms with E-state index in [-0.39, 0.29) is 0 Å². The number of fused-ring (bicyclic) bond motifs is 10. The number of Topliss-reactive ketones (excluding diaryl/α,β-unsaturated/α-hetero) is 2. The van der Waals surface area contributed by atoms with Gasteiger partial charge in [0.15, 0.2) is 40.9 Å². The third-order valence-corrected chi connectivity index (χ3v) is 51.7. The van der Waals surface area contributed by atoms with Crippen molar-refractivity contribution < 1.29 is 19.8 Å². The van der Waals surface area contributed by atoms with E-state index in [1.165, 1.54) is 265 Å². The molecule has 8 saturated heterocycles. The molecule has 4 nitrogen and oxygen atoms in total. The van der Waals surface area contributed by atoms with Crippen molar-refractivity contribution >= 4 is 153 Å². The van der Waals surface area contributed by atoms with Crippen LogP contribution in [-0.2, 0) is 87.2 Å². The SMILES string of the molecule is CCCC1CCC[S+]1c1ccc(C)c2ccccc12.Cc1cc([S+]2C(C)CCC2C)cc(C)c1O.Cc1cc([S+]2CCCC2C)cc(C)c1O.Cc1ccc([S+]2CC3C4CCC(C4)C3C2)c2ccccc12.Cc1ccc([S+]2CCCC2)c2ccccc12.Cc1ccc([S+]2CCCC2)c2ccccc12.O=C(C[S+]1CCCC1)c1ccc2ccccc2c1.O=C(C[S+]1CCCC1)c1ccccc1. The number of phenolic OH excluding ortho intramolecular Hbond substituents is 2. The molecule has 10 fully saturated rings. The molecule has 10 unspecified atom stereocenters. The fourth-order valence-electron chi connectivity index (χ4n) is 23.0. The quantitative estimate of drug-likeness (QED) is 0.0840. The van der Waals surface area contributed by atoms with E-state index in [2.05, 4.69) is 243 Å². The fraction of sp³-hybridized carbons (Fsp3) is 0.431. The highest BCUT2D eigenvalue weighted by atomic mass is 32.2. The van der Waals surface area contributed by atoms with Gasteiger partial charge >= 0.3 is 0 Å². The van der Waals surface area contributed by atoms with Crippen LogP contribution in [0.4, 0.5) is 0 Å². The third-order valence-electron chi connectivity index (χ3n) is 30.5. The number of aryl methyl sites for hydroxylation is 8. The van der Waals surface area contributed by atoms with Crippen molar-refractivity contribution in [2.24, 2.45) is 23.7 Å². The summed E-state index contributed by atoms with van der Waals surface area (Å²) < 4.78 is 0. The second-order valence-corrected chi connectivity index (χ2v) is 59.1. The van der Waals surface area contributed by atoms with Gasteiger partial charge in [0.05, 0.1) is 0 Å². The molecule has 708 valence electrons. The fourth-order valence-corrected chi connectivity index (χ4v) is 44.6. The third kappa shape index (κ3) is 24.9. The molecule has 0 aromatic heterocycles. The van der Waals surface area contributed by atoms with Crippen LogP contribution < -0.4 is 0 Å². The van der Waals surface area contributed by atoms with Gasteiger partial charge in [-0.2, -0.15) is 0 Å². The Morgan fingerprint density at radius 2 is 0.681 bits per heavy atom. The van der Waals surface area contributed by atoms with E-state index in [0.29, 0.717) is 110 Å². The summed E-state index contributed by atoms with van der Waals surface area (Å²) in [7, 11) is 3.61. The van der Waals surface area contributed by atoms with Crippen molar-refractivity contribution in [1.29, 1.82) is 0 Å². The zero-order valence-electron chi connectivity index (χ0n) is 83.0. The number of hydrogen-bond donors (Lipinski definition) is 2. The highest BCUT2D eigenvalue weighted by Crippen LogP contribution is 2.57. The molecule has 2 N–H and O–H groups in total. The molecule has 8 aliphatic heterocycles. The Bertz CT molecular complexity index is 5990. The van der Waals surface area contributed by atoms with Gasteiger partial charge in [0.25, 0.3) is 0 Å². The molecule has 2 bridgehead atoms. The van der Waals surface area contributed by atoms with Gasteiger partial charge in [-0.15, -0.1) is 0 Å². The Balaban J connectivity index is 0.000000112. The molecule has 12 heteroatoms. The lowest BCUT2D eigenvalue weighted by atomic mass is 9.82. The molecule has 2 saturated carbocycles. The maximum atomic E-state index is 12.3. The standard InChI is InChI=1S/C20H23S.C18H23S.C16H17OS.2C15H17S.C14H20OS.C13H18OS.C12H15OS/c1-13-6-9-20(17-5-3-2-4-16(13)17)21-11-18-14-7-8-15(10-14)19(18)12-21;1-3-7-15-8-6-13-19(15)18-12-11-14(2)16-9-4-5-10-17(16)18;17-16(12-18-9-3-4-10-18)15-8-7-13-5-1-2-6-14(13)11-15;2*1-12-8-9-15(16-10-4-5-11-16)14-7-3-2-6-13(12)14;1-9-7-13(8-10(2)14(9)15)16-11(3)5-6-12(16)4;1-9-7-12(8-10(2)13(9)14)15-6-4-5-11(15)3;13-12(10-14-8-4-5-9-14)11-6-2-1-3-7-11/h2-6,9,14-15,18-19H,7-8,10-12H2,1H3;4-5,9-12,15H,3,6-8,13H2,1-2H3;1-2,5-8,11H,3-4,9-10,12H2;2*2-3,6-9H,4-5,10-11H2,1H3;7-8,11-12H,5-6H2,1-4H3;7-8,11H,4-6H2,1-3H3;1-3,6-7H,4-5,8-10H2/q5*+1;;;+1/p+2. The van der Waals surface area contributed by atoms with Crippen LogP contribution in [0.15, 0.2) is 272 Å². The van der Waals surface area contributed by atoms with Gasteiger partial charge in [0.2, 0.25) is 11.6 Å². The second-order valence-electron chi connectivity index (χ2n) is 40.1. The van der Waals surface area contributed by atoms with Crippen LogP contribution >= 0.6 is 0 Å². The lowest BCUT2D eigenvalue weighted by Crippen LogP contribution is -2.19. The molecular weight excluding hydrogens is 1800 g/mol. The minimum atomic E-state index is 0.325. The van der Waals surface area contributed by atoms with Crippen molar-refractivity contribution in [2.45, 2.75) is 255 Å². The lowest BCUT2D eigenvalue weighted by Gasteiger charge is -2.19. The summed E-state index contributed by atoms with van der Waals surface area (Å²) in [5.41, 5.74) is 11.5. The normalized spacial score (nSPS) is 23.4. The first-order chi connectivity index (χ1) is 65.6. The van der Waals surface area contributed by atoms with E-state index in [1.54, 1.807) is 26.0 Å². The summed E-state index contributed by atoms with van der Waals surface area (Å²) in [6.07, 6.45) is 26.7. The zero-order valence-corrected chi connectivity index (χ0v) is 89.6. The summed E-state index contributed by atoms with van der Waals surface area (Å²) in [6, 6.07) is 87.3. The second kappa shape index (κ2) is 48.4. The summed E-state index contributed by atoms with van der Waals surface area (Å²) in [6.45, 7) is 26.3. The first-order valence-electron chi connectivity index (χ1n) is 51.2. The van der Waals surface area contributed by atoms with Crippen molar-refractivity contribution in [3.63, 3.8) is 0 Å². The van der Waals surface area contributed by atoms with Crippen LogP contribution in [0.25, 0.3) is 53.9 Å². The average Bonchev–Trinajstić information content (AvgIpc) is 1.59. The van der Waals surface area contributed by atoms with E-state index in [0.717, 1.165) is 94.9 Å². The van der Waals surface area contributed by atoms with E-state index in [4.69, 9.17) is 0 Å². The van der Waals surface area contributed by atoms with E-state index in [9.17, 15) is 19.8 Å². The largest absolute Gasteiger partial charge is 0.507 e. The van der Waals surface area contributed by atoms with Gasteiger partial charge in [-0.3, -0.25) is 9.59 Å². The number of benzene rings is 13. The molecule has 0 radical (unpaired) electrons. The molecule has 0 amide bonds. The molecular formula is C123H152O4S8+8. The van der Waals surface area contributed by atoms with Crippen LogP contribution in [0.2, 0.25) is 0 Å². The van der Waals surface area contributed by atoms with Crippen LogP contribution in [0.5, 0.6) is 11.5 Å². The number of phenols is 2. The average molecular weight is 1950 g/mol. The first-order valence-corrected chi connectivity index (χ1v) is 63.6. The maximum Gasteiger partial charge on any atom is 0.211 e. The summed E-state index contributed by atoms with van der Waals surface area (Å²) in [4.78, 5) is 33.5. The molecule has 135 heavy (non-hydrogen) atoms. The first kappa shape index (κ1) is 101. The van der Waals surface area contributed by atoms with Gasteiger partial charge in [-0.25, -0.2) is 0 Å². The van der Waals surface area contributed by atoms with E-state index in [1.807, 2.05) is 82.3 Å². The number of carbonyl (C=O) groups is 2. The molecule has 10 atom stereocenters. The Morgan fingerprint density at radius 3 is 1.12 bits per heavy atom. The Morgan fingerprint density at radius 1 is 0.311 bits per heavy atom. The monoisotopic (exact) mass is 1950 g/mol. The number of ketones is 2.